The van der Waals surface area contributed by atoms with E-state index < -0.39 is 4.92 Å². The minimum absolute atomic E-state index is 0.0624. The summed E-state index contributed by atoms with van der Waals surface area (Å²) in [5, 5.41) is 14.6. The highest BCUT2D eigenvalue weighted by atomic mass is 32.1. The maximum atomic E-state index is 13.0. The molecule has 32 heavy (non-hydrogen) atoms. The average molecular weight is 462 g/mol. The number of rotatable bonds is 7. The lowest BCUT2D eigenvalue weighted by atomic mass is 10.1. The number of aromatic nitrogens is 1. The van der Waals surface area contributed by atoms with Crippen LogP contribution in [0.4, 0.5) is 11.4 Å². The lowest BCUT2D eigenvalue weighted by Crippen LogP contribution is -2.36. The standard InChI is InChI=1S/C21H27N5O5S/c1-23(13-17-15-32-20(22-17)14-24-4-8-30-9-5-24)21(27)16-2-3-18(19(12-16)26(28)29)25-6-10-31-11-7-25/h2-3,12,15H,4-11,13-14H2,1H3. The summed E-state index contributed by atoms with van der Waals surface area (Å²) >= 11 is 1.58. The minimum atomic E-state index is -0.431. The number of carbonyl (C=O) groups excluding carboxylic acids is 1. The molecule has 2 aromatic rings. The van der Waals surface area contributed by atoms with Crippen molar-refractivity contribution >= 4 is 28.6 Å². The van der Waals surface area contributed by atoms with Gasteiger partial charge in [0.1, 0.15) is 10.7 Å². The highest BCUT2D eigenvalue weighted by Gasteiger charge is 2.24. The molecule has 0 radical (unpaired) electrons. The first-order valence-electron chi connectivity index (χ1n) is 10.6. The third-order valence-electron chi connectivity index (χ3n) is 5.58. The Labute approximate surface area is 190 Å². The van der Waals surface area contributed by atoms with Crippen molar-refractivity contribution in [2.24, 2.45) is 0 Å². The van der Waals surface area contributed by atoms with Gasteiger partial charge in [-0.1, -0.05) is 0 Å². The van der Waals surface area contributed by atoms with Crippen LogP contribution in [0.3, 0.4) is 0 Å². The Morgan fingerprint density at radius 3 is 2.56 bits per heavy atom. The van der Waals surface area contributed by atoms with E-state index in [9.17, 15) is 14.9 Å². The number of anilines is 1. The average Bonchev–Trinajstić information content (AvgIpc) is 3.25. The molecule has 2 aliphatic heterocycles. The van der Waals surface area contributed by atoms with Gasteiger partial charge < -0.3 is 19.3 Å². The molecule has 2 saturated heterocycles. The van der Waals surface area contributed by atoms with Crippen LogP contribution >= 0.6 is 11.3 Å². The third-order valence-corrected chi connectivity index (χ3v) is 6.46. The molecule has 0 atom stereocenters. The molecule has 11 heteroatoms. The van der Waals surface area contributed by atoms with Crippen molar-refractivity contribution in [2.75, 3.05) is 64.6 Å². The number of benzene rings is 1. The highest BCUT2D eigenvalue weighted by Crippen LogP contribution is 2.30. The molecule has 0 saturated carbocycles. The summed E-state index contributed by atoms with van der Waals surface area (Å²) in [4.78, 5) is 34.6. The van der Waals surface area contributed by atoms with Crippen molar-refractivity contribution in [2.45, 2.75) is 13.1 Å². The van der Waals surface area contributed by atoms with Crippen LogP contribution in [0.5, 0.6) is 0 Å². The molecule has 4 rings (SSSR count). The molecule has 10 nitrogen and oxygen atoms in total. The fourth-order valence-corrected chi connectivity index (χ4v) is 4.68. The molecule has 1 aromatic heterocycles. The van der Waals surface area contributed by atoms with Crippen molar-refractivity contribution < 1.29 is 19.2 Å². The first-order chi connectivity index (χ1) is 15.5. The number of thiazole rings is 1. The van der Waals surface area contributed by atoms with Crippen LogP contribution in [0.25, 0.3) is 0 Å². The molecule has 0 bridgehead atoms. The Kier molecular flexibility index (Phi) is 7.30. The summed E-state index contributed by atoms with van der Waals surface area (Å²) in [7, 11) is 1.69. The topological polar surface area (TPSA) is 101 Å². The number of nitro benzene ring substituents is 1. The quantitative estimate of drug-likeness (QED) is 0.456. The fourth-order valence-electron chi connectivity index (χ4n) is 3.85. The van der Waals surface area contributed by atoms with E-state index in [0.717, 1.165) is 43.5 Å². The fraction of sp³-hybridized carbons (Fsp3) is 0.524. The molecular weight excluding hydrogens is 434 g/mol. The monoisotopic (exact) mass is 461 g/mol. The molecule has 0 unspecified atom stereocenters. The van der Waals surface area contributed by atoms with Gasteiger partial charge in [0.25, 0.3) is 11.6 Å². The van der Waals surface area contributed by atoms with Crippen LogP contribution in [-0.4, -0.2) is 85.3 Å². The SMILES string of the molecule is CN(Cc1csc(CN2CCOCC2)n1)C(=O)c1ccc(N2CCOCC2)c([N+](=O)[O-])c1. The van der Waals surface area contributed by atoms with Crippen LogP contribution in [0, 0.1) is 10.1 Å². The Bertz CT molecular complexity index is 956. The molecule has 0 N–H and O–H groups in total. The zero-order chi connectivity index (χ0) is 22.5. The molecule has 172 valence electrons. The second-order valence-electron chi connectivity index (χ2n) is 7.84. The first-order valence-corrected chi connectivity index (χ1v) is 11.5. The second-order valence-corrected chi connectivity index (χ2v) is 8.78. The lowest BCUT2D eigenvalue weighted by Gasteiger charge is -2.28. The number of ether oxygens (including phenoxy) is 2. The Balaban J connectivity index is 1.42. The first kappa shape index (κ1) is 22.6. The molecule has 0 spiro atoms. The van der Waals surface area contributed by atoms with E-state index in [4.69, 9.17) is 9.47 Å². The van der Waals surface area contributed by atoms with Gasteiger partial charge in [0, 0.05) is 50.2 Å². The predicted octanol–water partition coefficient (Wildman–Crippen LogP) is 1.99. The summed E-state index contributed by atoms with van der Waals surface area (Å²) in [5.41, 5.74) is 1.56. The zero-order valence-electron chi connectivity index (χ0n) is 18.1. The van der Waals surface area contributed by atoms with Crippen LogP contribution in [0.15, 0.2) is 23.6 Å². The van der Waals surface area contributed by atoms with Crippen molar-refractivity contribution in [1.82, 2.24) is 14.8 Å². The van der Waals surface area contributed by atoms with E-state index in [1.54, 1.807) is 35.4 Å². The number of nitro groups is 1. The van der Waals surface area contributed by atoms with E-state index in [-0.39, 0.29) is 11.6 Å². The summed E-state index contributed by atoms with van der Waals surface area (Å²) in [5.74, 6) is -0.274. The summed E-state index contributed by atoms with van der Waals surface area (Å²) in [6.45, 7) is 6.63. The maximum Gasteiger partial charge on any atom is 0.293 e. The third kappa shape index (κ3) is 5.41. The van der Waals surface area contributed by atoms with Crippen molar-refractivity contribution in [3.05, 3.63) is 50.0 Å². The van der Waals surface area contributed by atoms with E-state index in [2.05, 4.69) is 9.88 Å². The van der Waals surface area contributed by atoms with Crippen LogP contribution in [-0.2, 0) is 22.6 Å². The van der Waals surface area contributed by atoms with Gasteiger partial charge >= 0.3 is 0 Å². The van der Waals surface area contributed by atoms with Gasteiger partial charge in [-0.3, -0.25) is 19.8 Å². The maximum absolute atomic E-state index is 13.0. The van der Waals surface area contributed by atoms with Gasteiger partial charge in [-0.25, -0.2) is 4.98 Å². The van der Waals surface area contributed by atoms with E-state index >= 15 is 0 Å². The Morgan fingerprint density at radius 1 is 1.19 bits per heavy atom. The van der Waals surface area contributed by atoms with Gasteiger partial charge in [0.2, 0.25) is 0 Å². The van der Waals surface area contributed by atoms with Crippen LogP contribution in [0.2, 0.25) is 0 Å². The van der Waals surface area contributed by atoms with Crippen molar-refractivity contribution in [3.63, 3.8) is 0 Å². The number of nitrogens with zero attached hydrogens (tertiary/aromatic N) is 5. The second kappa shape index (κ2) is 10.3. The molecule has 1 aromatic carbocycles. The lowest BCUT2D eigenvalue weighted by molar-refractivity contribution is -0.384. The molecule has 3 heterocycles. The van der Waals surface area contributed by atoms with Gasteiger partial charge in [-0.15, -0.1) is 11.3 Å². The number of morpholine rings is 2. The zero-order valence-corrected chi connectivity index (χ0v) is 18.9. The molecular formula is C21H27N5O5S. The number of carbonyl (C=O) groups is 1. The predicted molar refractivity (Wildman–Crippen MR) is 120 cm³/mol. The number of hydrogen-bond acceptors (Lipinski definition) is 9. The summed E-state index contributed by atoms with van der Waals surface area (Å²) < 4.78 is 10.7. The van der Waals surface area contributed by atoms with Crippen molar-refractivity contribution in [3.8, 4) is 0 Å². The van der Waals surface area contributed by atoms with Gasteiger partial charge in [-0.05, 0) is 12.1 Å². The van der Waals surface area contributed by atoms with Crippen LogP contribution < -0.4 is 4.90 Å². The molecule has 1 amide bonds. The Hall–Kier alpha value is -2.60. The van der Waals surface area contributed by atoms with Gasteiger partial charge in [0.05, 0.1) is 50.1 Å². The summed E-state index contributed by atoms with van der Waals surface area (Å²) in [6.07, 6.45) is 0. The van der Waals surface area contributed by atoms with Gasteiger partial charge in [-0.2, -0.15) is 0 Å². The highest BCUT2D eigenvalue weighted by molar-refractivity contribution is 7.09. The summed E-state index contributed by atoms with van der Waals surface area (Å²) in [6, 6.07) is 4.68. The van der Waals surface area contributed by atoms with Crippen molar-refractivity contribution in [1.29, 1.82) is 0 Å². The normalized spacial score (nSPS) is 17.3. The van der Waals surface area contributed by atoms with Crippen LogP contribution in [0.1, 0.15) is 21.1 Å². The van der Waals surface area contributed by atoms with E-state index in [1.807, 2.05) is 10.3 Å². The molecule has 2 fully saturated rings. The Morgan fingerprint density at radius 2 is 1.88 bits per heavy atom. The van der Waals surface area contributed by atoms with E-state index in [1.165, 1.54) is 6.07 Å². The van der Waals surface area contributed by atoms with E-state index in [0.29, 0.717) is 44.1 Å². The molecule has 0 aliphatic carbocycles. The number of amides is 1. The number of hydrogen-bond donors (Lipinski definition) is 0. The smallest absolute Gasteiger partial charge is 0.293 e. The largest absolute Gasteiger partial charge is 0.379 e. The van der Waals surface area contributed by atoms with Gasteiger partial charge in [0.15, 0.2) is 0 Å². The molecule has 2 aliphatic rings. The minimum Gasteiger partial charge on any atom is -0.379 e.